The quantitative estimate of drug-likeness (QED) is 0.329. The van der Waals surface area contributed by atoms with Gasteiger partial charge in [0.1, 0.15) is 11.6 Å². The Balaban J connectivity index is 1.33. The van der Waals surface area contributed by atoms with Gasteiger partial charge in [0, 0.05) is 30.2 Å². The van der Waals surface area contributed by atoms with Gasteiger partial charge in [-0.25, -0.2) is 23.1 Å². The number of halogens is 3. The summed E-state index contributed by atoms with van der Waals surface area (Å²) in [6, 6.07) is 14.5. The summed E-state index contributed by atoms with van der Waals surface area (Å²) in [4.78, 5) is 28.9. The van der Waals surface area contributed by atoms with Crippen LogP contribution in [0.5, 0.6) is 0 Å². The Kier molecular flexibility index (Phi) is 7.26. The largest absolute Gasteiger partial charge is 0.356 e. The highest BCUT2D eigenvalue weighted by Gasteiger charge is 2.23. The van der Waals surface area contributed by atoms with Gasteiger partial charge in [-0.15, -0.1) is 0 Å². The fourth-order valence-electron chi connectivity index (χ4n) is 5.01. The molecule has 38 heavy (non-hydrogen) atoms. The highest BCUT2D eigenvalue weighted by molar-refractivity contribution is 5.94. The zero-order valence-corrected chi connectivity index (χ0v) is 21.2. The van der Waals surface area contributed by atoms with E-state index in [1.54, 1.807) is 12.3 Å². The van der Waals surface area contributed by atoms with Crippen molar-refractivity contribution in [1.29, 1.82) is 0 Å². The van der Waals surface area contributed by atoms with Crippen molar-refractivity contribution >= 4 is 22.6 Å². The van der Waals surface area contributed by atoms with Crippen LogP contribution in [0.2, 0.25) is 0 Å². The molecule has 5 rings (SSSR count). The molecule has 0 spiro atoms. The van der Waals surface area contributed by atoms with E-state index in [1.807, 2.05) is 30.3 Å². The monoisotopic (exact) mass is 519 g/mol. The number of aromatic nitrogens is 3. The molecule has 0 unspecified atom stereocenters. The summed E-state index contributed by atoms with van der Waals surface area (Å²) in [6.07, 6.45) is -0.118. The second kappa shape index (κ2) is 10.8. The number of nitrogens with zero attached hydrogens (tertiary/aromatic N) is 4. The second-order valence-corrected chi connectivity index (χ2v) is 10.0. The summed E-state index contributed by atoms with van der Waals surface area (Å²) in [5, 5.41) is 3.48. The first-order valence-electron chi connectivity index (χ1n) is 12.6. The number of carbonyl (C=O) groups excluding carboxylic acids is 1. The Bertz CT molecular complexity index is 1470. The number of hydrogen-bond acceptors (Lipinski definition) is 5. The lowest BCUT2D eigenvalue weighted by Crippen LogP contribution is -2.39. The molecule has 1 fully saturated rings. The third-order valence-corrected chi connectivity index (χ3v) is 6.74. The number of pyridine rings is 3. The average molecular weight is 520 g/mol. The maximum absolute atomic E-state index is 13.6. The number of amides is 1. The van der Waals surface area contributed by atoms with Crippen molar-refractivity contribution in [2.24, 2.45) is 11.8 Å². The predicted octanol–water partition coefficient (Wildman–Crippen LogP) is 6.18. The van der Waals surface area contributed by atoms with Crippen LogP contribution in [0, 0.1) is 17.7 Å². The van der Waals surface area contributed by atoms with E-state index in [0.29, 0.717) is 23.0 Å². The number of anilines is 1. The molecular formula is C29H28F3N5O. The Morgan fingerprint density at radius 1 is 1.03 bits per heavy atom. The summed E-state index contributed by atoms with van der Waals surface area (Å²) in [7, 11) is 0. The Morgan fingerprint density at radius 3 is 2.55 bits per heavy atom. The molecule has 4 heterocycles. The van der Waals surface area contributed by atoms with Crippen LogP contribution in [0.15, 0.2) is 60.8 Å². The van der Waals surface area contributed by atoms with Crippen LogP contribution in [0.1, 0.15) is 48.3 Å². The van der Waals surface area contributed by atoms with Crippen molar-refractivity contribution in [2.75, 3.05) is 18.0 Å². The number of alkyl halides is 2. The van der Waals surface area contributed by atoms with E-state index in [-0.39, 0.29) is 12.1 Å². The highest BCUT2D eigenvalue weighted by Crippen LogP contribution is 2.27. The molecule has 0 bridgehead atoms. The number of rotatable bonds is 6. The van der Waals surface area contributed by atoms with Crippen molar-refractivity contribution in [1.82, 2.24) is 20.3 Å². The molecule has 3 aromatic heterocycles. The molecule has 9 heteroatoms. The van der Waals surface area contributed by atoms with Crippen molar-refractivity contribution in [3.63, 3.8) is 0 Å². The first-order valence-corrected chi connectivity index (χ1v) is 12.6. The van der Waals surface area contributed by atoms with Crippen LogP contribution >= 0.6 is 0 Å². The fraction of sp³-hybridized carbons (Fsp3) is 0.310. The normalized spacial score (nSPS) is 17.7. The molecule has 0 saturated carbocycles. The van der Waals surface area contributed by atoms with E-state index in [2.05, 4.69) is 29.0 Å². The van der Waals surface area contributed by atoms with Crippen molar-refractivity contribution in [3.05, 3.63) is 83.4 Å². The van der Waals surface area contributed by atoms with E-state index in [4.69, 9.17) is 9.97 Å². The molecule has 1 amide bonds. The Morgan fingerprint density at radius 2 is 1.79 bits per heavy atom. The highest BCUT2D eigenvalue weighted by atomic mass is 19.3. The standard InChI is InChI=1S/C29H28F3N5O/c1-17-10-18(2)16-37(15-17)27-5-3-4-24(36-27)25-9-7-20-13-33-21(12-26(20)35-25)14-34-29(38)19-6-8-23(30)22(11-19)28(31)32/h3-9,11-13,17-18,28H,10,14-16H2,1-2H3,(H,34,38)/t17-,18+. The van der Waals surface area contributed by atoms with Gasteiger partial charge in [0.05, 0.1) is 34.7 Å². The average Bonchev–Trinajstić information content (AvgIpc) is 2.91. The molecule has 0 aliphatic carbocycles. The van der Waals surface area contributed by atoms with Gasteiger partial charge in [0.2, 0.25) is 0 Å². The number of hydrogen-bond donors (Lipinski definition) is 1. The smallest absolute Gasteiger partial charge is 0.266 e. The lowest BCUT2D eigenvalue weighted by molar-refractivity contribution is 0.0949. The minimum absolute atomic E-state index is 0.0497. The molecule has 196 valence electrons. The predicted molar refractivity (Wildman–Crippen MR) is 140 cm³/mol. The zero-order valence-electron chi connectivity index (χ0n) is 21.2. The van der Waals surface area contributed by atoms with Crippen LogP contribution in [0.3, 0.4) is 0 Å². The van der Waals surface area contributed by atoms with E-state index in [1.165, 1.54) is 12.5 Å². The van der Waals surface area contributed by atoms with E-state index in [0.717, 1.165) is 47.8 Å². The van der Waals surface area contributed by atoms with Crippen LogP contribution in [-0.2, 0) is 6.54 Å². The third kappa shape index (κ3) is 5.61. The van der Waals surface area contributed by atoms with Crippen LogP contribution in [0.4, 0.5) is 19.0 Å². The van der Waals surface area contributed by atoms with Gasteiger partial charge < -0.3 is 10.2 Å². The molecule has 1 aliphatic heterocycles. The van der Waals surface area contributed by atoms with E-state index < -0.39 is 23.7 Å². The molecule has 6 nitrogen and oxygen atoms in total. The van der Waals surface area contributed by atoms with Gasteiger partial charge in [-0.3, -0.25) is 9.78 Å². The number of fused-ring (bicyclic) bond motifs is 1. The molecule has 1 aromatic carbocycles. The van der Waals surface area contributed by atoms with Crippen LogP contribution in [-0.4, -0.2) is 33.9 Å². The summed E-state index contributed by atoms with van der Waals surface area (Å²) >= 11 is 0. The van der Waals surface area contributed by atoms with Crippen molar-refractivity contribution < 1.29 is 18.0 Å². The number of carbonyl (C=O) groups is 1. The molecule has 0 radical (unpaired) electrons. The van der Waals surface area contributed by atoms with E-state index >= 15 is 0 Å². The maximum atomic E-state index is 13.6. The van der Waals surface area contributed by atoms with Crippen molar-refractivity contribution in [2.45, 2.75) is 33.2 Å². The van der Waals surface area contributed by atoms with Gasteiger partial charge in [0.25, 0.3) is 12.3 Å². The number of nitrogens with one attached hydrogen (secondary N) is 1. The van der Waals surface area contributed by atoms with Gasteiger partial charge in [-0.2, -0.15) is 0 Å². The van der Waals surface area contributed by atoms with Crippen LogP contribution in [0.25, 0.3) is 22.3 Å². The summed E-state index contributed by atoms with van der Waals surface area (Å²) in [5.41, 5.74) is 1.88. The molecule has 4 aromatic rings. The Hall–Kier alpha value is -4.01. The van der Waals surface area contributed by atoms with Gasteiger partial charge >= 0.3 is 0 Å². The summed E-state index contributed by atoms with van der Waals surface area (Å²) in [5.74, 6) is 0.525. The van der Waals surface area contributed by atoms with Gasteiger partial charge in [0.15, 0.2) is 0 Å². The third-order valence-electron chi connectivity index (χ3n) is 6.74. The van der Waals surface area contributed by atoms with Crippen LogP contribution < -0.4 is 10.2 Å². The topological polar surface area (TPSA) is 71.0 Å². The second-order valence-electron chi connectivity index (χ2n) is 10.0. The molecule has 1 saturated heterocycles. The molecule has 2 atom stereocenters. The number of piperidine rings is 1. The molecule has 1 aliphatic rings. The molecule has 1 N–H and O–H groups in total. The first kappa shape index (κ1) is 25.6. The minimum Gasteiger partial charge on any atom is -0.356 e. The van der Waals surface area contributed by atoms with Gasteiger partial charge in [-0.1, -0.05) is 19.9 Å². The van der Waals surface area contributed by atoms with E-state index in [9.17, 15) is 18.0 Å². The fourth-order valence-corrected chi connectivity index (χ4v) is 5.01. The molecular weight excluding hydrogens is 491 g/mol. The zero-order chi connectivity index (χ0) is 26.8. The summed E-state index contributed by atoms with van der Waals surface area (Å²) < 4.78 is 39.5. The Labute approximate surface area is 218 Å². The summed E-state index contributed by atoms with van der Waals surface area (Å²) in [6.45, 7) is 6.56. The van der Waals surface area contributed by atoms with Crippen molar-refractivity contribution in [3.8, 4) is 11.4 Å². The SMILES string of the molecule is C[C@@H]1C[C@H](C)CN(c2cccc(-c3ccc4cnc(CNC(=O)c5ccc(F)c(C(F)F)c5)cc4n3)n2)C1. The lowest BCUT2D eigenvalue weighted by atomic mass is 9.92. The lowest BCUT2D eigenvalue weighted by Gasteiger charge is -2.35. The first-order chi connectivity index (χ1) is 18.3. The maximum Gasteiger partial charge on any atom is 0.266 e. The number of benzene rings is 1. The van der Waals surface area contributed by atoms with Gasteiger partial charge in [-0.05, 0) is 66.8 Å². The minimum atomic E-state index is -3.01.